The Balaban J connectivity index is 1.11. The van der Waals surface area contributed by atoms with E-state index >= 15 is 0 Å². The van der Waals surface area contributed by atoms with Gasteiger partial charge in [-0.25, -0.2) is 0 Å². The van der Waals surface area contributed by atoms with Crippen molar-refractivity contribution >= 4 is 5.97 Å². The Bertz CT molecular complexity index is 1450. The van der Waals surface area contributed by atoms with E-state index in [9.17, 15) is 45.6 Å². The van der Waals surface area contributed by atoms with Gasteiger partial charge >= 0.3 is 5.97 Å². The number of ether oxygens (including phenoxy) is 4. The van der Waals surface area contributed by atoms with Crippen LogP contribution in [0.3, 0.4) is 0 Å². The first kappa shape index (κ1) is 40.9. The molecule has 0 unspecified atom stereocenters. The Hall–Kier alpha value is -1.23. The van der Waals surface area contributed by atoms with Crippen LogP contribution in [0.2, 0.25) is 0 Å². The molecule has 13 heteroatoms. The molecule has 5 aliphatic carbocycles. The maximum Gasteiger partial charge on any atom is 0.310 e. The molecule has 2 heterocycles. The van der Waals surface area contributed by atoms with Gasteiger partial charge in [0, 0.05) is 5.41 Å². The normalized spacial score (nSPS) is 54.1. The molecule has 18 atom stereocenters. The summed E-state index contributed by atoms with van der Waals surface area (Å²) < 4.78 is 23.9. The largest absolute Gasteiger partial charge is 0.481 e. The number of allylic oxidation sites excluding steroid dienone is 2. The molecule has 7 rings (SSSR count). The van der Waals surface area contributed by atoms with E-state index in [4.69, 9.17) is 18.9 Å². The van der Waals surface area contributed by atoms with Crippen LogP contribution in [0.25, 0.3) is 0 Å². The summed E-state index contributed by atoms with van der Waals surface area (Å²) in [7, 11) is 0. The summed E-state index contributed by atoms with van der Waals surface area (Å²) in [4.78, 5) is 13.0. The van der Waals surface area contributed by atoms with Crippen molar-refractivity contribution in [2.75, 3.05) is 19.8 Å². The number of rotatable bonds is 8. The van der Waals surface area contributed by atoms with Gasteiger partial charge in [0.1, 0.15) is 42.7 Å². The van der Waals surface area contributed by atoms with Gasteiger partial charge in [-0.2, -0.15) is 0 Å². The van der Waals surface area contributed by atoms with Crippen LogP contribution >= 0.6 is 0 Å². The molecule has 13 nitrogen and oxygen atoms in total. The molecule has 54 heavy (non-hydrogen) atoms. The van der Waals surface area contributed by atoms with Gasteiger partial charge in [-0.15, -0.1) is 0 Å². The summed E-state index contributed by atoms with van der Waals surface area (Å²) >= 11 is 0. The standard InChI is InChI=1S/C41H66O13/c1-36(2)13-15-41(35(49)50)16-14-39(5)21(22(41)17-36)7-8-26-37(3)11-10-27(38(4,20-44)25(37)9-12-40(26,39)6)53-34-31(48)32(24(19-43)52-34)54-33-30(47)29(46)28(45)23(18-42)51-33/h7,22-34,42-48H,8-20H2,1-6H3,(H,49,50)/t22-,23+,24-,25+,26+,27-,28+,29-,30+,31+,32-,33-,34-,37-,38-,39+,40+,41-/m0/s1. The summed E-state index contributed by atoms with van der Waals surface area (Å²) in [5.41, 5.74) is -0.292. The number of carboxylic acid groups (broad SMARTS) is 1. The quantitative estimate of drug-likeness (QED) is 0.167. The highest BCUT2D eigenvalue weighted by Crippen LogP contribution is 2.76. The monoisotopic (exact) mass is 766 g/mol. The Morgan fingerprint density at radius 1 is 0.759 bits per heavy atom. The first-order valence-corrected chi connectivity index (χ1v) is 20.4. The van der Waals surface area contributed by atoms with E-state index in [-0.39, 0.29) is 40.1 Å². The molecule has 0 radical (unpaired) electrons. The van der Waals surface area contributed by atoms with Crippen LogP contribution in [0.5, 0.6) is 0 Å². The number of hydrogen-bond donors (Lipinski definition) is 8. The lowest BCUT2D eigenvalue weighted by molar-refractivity contribution is -0.318. The first-order chi connectivity index (χ1) is 25.3. The van der Waals surface area contributed by atoms with E-state index in [1.54, 1.807) is 0 Å². The van der Waals surface area contributed by atoms with Gasteiger partial charge in [-0.05, 0) is 104 Å². The van der Waals surface area contributed by atoms with Crippen molar-refractivity contribution in [2.24, 2.45) is 50.2 Å². The summed E-state index contributed by atoms with van der Waals surface area (Å²) in [5, 5.41) is 84.2. The van der Waals surface area contributed by atoms with Crippen molar-refractivity contribution in [3.8, 4) is 0 Å². The number of aliphatic hydroxyl groups is 7. The molecule has 0 aromatic heterocycles. The predicted molar refractivity (Wildman–Crippen MR) is 193 cm³/mol. The highest BCUT2D eigenvalue weighted by molar-refractivity contribution is 5.76. The molecule has 7 aliphatic rings. The topological polar surface area (TPSA) is 216 Å². The van der Waals surface area contributed by atoms with Gasteiger partial charge in [0.05, 0.1) is 31.3 Å². The van der Waals surface area contributed by atoms with Gasteiger partial charge in [-0.3, -0.25) is 4.79 Å². The predicted octanol–water partition coefficient (Wildman–Crippen LogP) is 2.49. The molecule has 2 saturated heterocycles. The van der Waals surface area contributed by atoms with Gasteiger partial charge < -0.3 is 59.8 Å². The van der Waals surface area contributed by atoms with Crippen LogP contribution in [0, 0.1) is 50.2 Å². The van der Waals surface area contributed by atoms with Crippen molar-refractivity contribution in [1.82, 2.24) is 0 Å². The van der Waals surface area contributed by atoms with E-state index in [0.29, 0.717) is 18.8 Å². The molecule has 0 aromatic rings. The minimum atomic E-state index is -1.70. The third kappa shape index (κ3) is 5.84. The molecular weight excluding hydrogens is 700 g/mol. The summed E-state index contributed by atoms with van der Waals surface area (Å²) in [5.74, 6) is -0.225. The second-order valence-corrected chi connectivity index (χ2v) is 20.0. The molecule has 4 saturated carbocycles. The Morgan fingerprint density at radius 3 is 2.06 bits per heavy atom. The number of aliphatic carboxylic acids is 1. The van der Waals surface area contributed by atoms with Crippen LogP contribution in [0.1, 0.15) is 106 Å². The fourth-order valence-corrected chi connectivity index (χ4v) is 13.5. The van der Waals surface area contributed by atoms with Crippen LogP contribution in [-0.2, 0) is 23.7 Å². The van der Waals surface area contributed by atoms with Crippen molar-refractivity contribution < 1.29 is 64.6 Å². The molecular formula is C41H66O13. The summed E-state index contributed by atoms with van der Waals surface area (Å²) in [6.45, 7) is 12.5. The third-order valence-electron chi connectivity index (χ3n) is 17.1. The third-order valence-corrected chi connectivity index (χ3v) is 17.1. The summed E-state index contributed by atoms with van der Waals surface area (Å²) in [6.07, 6.45) is -2.56. The average molecular weight is 767 g/mol. The van der Waals surface area contributed by atoms with E-state index in [1.165, 1.54) is 5.57 Å². The molecule has 6 fully saturated rings. The lowest BCUT2D eigenvalue weighted by Gasteiger charge is -2.71. The van der Waals surface area contributed by atoms with Crippen molar-refractivity contribution in [1.29, 1.82) is 0 Å². The molecule has 0 bridgehead atoms. The van der Waals surface area contributed by atoms with Gasteiger partial charge in [-0.1, -0.05) is 53.2 Å². The van der Waals surface area contributed by atoms with Gasteiger partial charge in [0.15, 0.2) is 12.6 Å². The lowest BCUT2D eigenvalue weighted by Crippen LogP contribution is -2.66. The lowest BCUT2D eigenvalue weighted by atomic mass is 9.33. The zero-order chi connectivity index (χ0) is 39.4. The maximum atomic E-state index is 13.0. The molecule has 2 aliphatic heterocycles. The Morgan fingerprint density at radius 2 is 1.41 bits per heavy atom. The highest BCUT2D eigenvalue weighted by Gasteiger charge is 2.70. The maximum absolute atomic E-state index is 13.0. The molecule has 0 spiro atoms. The second kappa shape index (κ2) is 14.0. The minimum absolute atomic E-state index is 0.0294. The van der Waals surface area contributed by atoms with Crippen LogP contribution in [-0.4, -0.2) is 128 Å². The van der Waals surface area contributed by atoms with Crippen molar-refractivity contribution in [3.05, 3.63) is 11.6 Å². The van der Waals surface area contributed by atoms with Crippen LogP contribution in [0.15, 0.2) is 11.6 Å². The molecule has 0 aromatic carbocycles. The van der Waals surface area contributed by atoms with E-state index in [1.807, 2.05) is 0 Å². The fourth-order valence-electron chi connectivity index (χ4n) is 13.5. The number of fused-ring (bicyclic) bond motifs is 7. The number of carboxylic acids is 1. The Kier molecular flexibility index (Phi) is 10.6. The first-order valence-electron chi connectivity index (χ1n) is 20.4. The number of carbonyl (C=O) groups is 1. The highest BCUT2D eigenvalue weighted by atomic mass is 16.8. The van der Waals surface area contributed by atoms with E-state index in [0.717, 1.165) is 51.4 Å². The summed E-state index contributed by atoms with van der Waals surface area (Å²) in [6, 6.07) is 0. The average Bonchev–Trinajstić information content (AvgIpc) is 3.42. The van der Waals surface area contributed by atoms with E-state index < -0.39 is 91.4 Å². The fraction of sp³-hybridized carbons (Fsp3) is 0.927. The molecule has 8 N–H and O–H groups in total. The zero-order valence-corrected chi connectivity index (χ0v) is 32.9. The number of aliphatic hydroxyl groups excluding tert-OH is 7. The minimum Gasteiger partial charge on any atom is -0.481 e. The van der Waals surface area contributed by atoms with Gasteiger partial charge in [0.25, 0.3) is 0 Å². The van der Waals surface area contributed by atoms with Crippen LogP contribution < -0.4 is 0 Å². The van der Waals surface area contributed by atoms with Crippen molar-refractivity contribution in [3.63, 3.8) is 0 Å². The second-order valence-electron chi connectivity index (χ2n) is 20.0. The smallest absolute Gasteiger partial charge is 0.310 e. The molecule has 308 valence electrons. The van der Waals surface area contributed by atoms with E-state index in [2.05, 4.69) is 47.6 Å². The number of hydrogen-bond acceptors (Lipinski definition) is 12. The van der Waals surface area contributed by atoms with Crippen LogP contribution in [0.4, 0.5) is 0 Å². The molecule has 0 amide bonds. The van der Waals surface area contributed by atoms with Gasteiger partial charge in [0.2, 0.25) is 0 Å². The zero-order valence-electron chi connectivity index (χ0n) is 32.9. The van der Waals surface area contributed by atoms with Crippen molar-refractivity contribution in [2.45, 2.75) is 167 Å². The Labute approximate surface area is 319 Å². The SMILES string of the molecule is CC1(C)CC[C@]2(C(=O)O)CC[C@]3(C)C(=CC[C@@H]4[C@@]5(C)CC[C@H](O[C@@H]6O[C@@H](CO)[C@H](O[C@@H]7O[C@H](CO)[C@@H](O)[C@H](O)[C@H]7O)[C@H]6O)[C@@](C)(CO)[C@@H]5CC[C@]43C)[C@@H]2C1.